The van der Waals surface area contributed by atoms with E-state index in [1.807, 2.05) is 27.7 Å². The van der Waals surface area contributed by atoms with Gasteiger partial charge in [-0.2, -0.15) is 0 Å². The van der Waals surface area contributed by atoms with Gasteiger partial charge in [-0.1, -0.05) is 34.1 Å². The molecule has 3 rings (SSSR count). The first-order valence-electron chi connectivity index (χ1n) is 18.4. The lowest BCUT2D eigenvalue weighted by molar-refractivity contribution is -0.154. The van der Waals surface area contributed by atoms with Crippen LogP contribution in [0.3, 0.4) is 0 Å². The Hall–Kier alpha value is -2.93. The molecule has 2 heterocycles. The van der Waals surface area contributed by atoms with E-state index in [9.17, 15) is 24.0 Å². The van der Waals surface area contributed by atoms with Crippen molar-refractivity contribution in [2.45, 2.75) is 148 Å². The molecule has 1 N–H and O–H groups in total. The van der Waals surface area contributed by atoms with E-state index in [1.54, 1.807) is 63.7 Å². The van der Waals surface area contributed by atoms with Gasteiger partial charge in [0.05, 0.1) is 43.7 Å². The average molecular weight is 709 g/mol. The summed E-state index contributed by atoms with van der Waals surface area (Å²) in [6.45, 7) is 15.5. The molecule has 13 nitrogen and oxygen atoms in total. The van der Waals surface area contributed by atoms with Crippen molar-refractivity contribution in [3.8, 4) is 0 Å². The molecule has 286 valence electrons. The maximum atomic E-state index is 14.4. The molecule has 50 heavy (non-hydrogen) atoms. The van der Waals surface area contributed by atoms with Gasteiger partial charge in [-0.05, 0) is 77.6 Å². The highest BCUT2D eigenvalue weighted by atomic mass is 16.6. The second-order valence-corrected chi connectivity index (χ2v) is 15.9. The number of amides is 4. The molecule has 2 bridgehead atoms. The number of nitrogens with zero attached hydrogens (tertiary/aromatic N) is 3. The molecule has 10 atom stereocenters. The van der Waals surface area contributed by atoms with Crippen LogP contribution in [-0.4, -0.2) is 127 Å². The van der Waals surface area contributed by atoms with Gasteiger partial charge in [0.2, 0.25) is 17.7 Å². The predicted molar refractivity (Wildman–Crippen MR) is 188 cm³/mol. The SMILES string of the molecule is CC[C@H](C)[C@@H]([C@@H](CC(=O)N1CCC[C@H]1[C@H](OC)[C@@H](C)C(=O)OC)OC)N(C)C(=O)[C@@H](NC(=O)C1C2CCC(C2)N1C(=O)OC(C)(C)C)C(C)C. The molecule has 2 aliphatic heterocycles. The Morgan fingerprint density at radius 2 is 1.62 bits per heavy atom. The molecule has 0 spiro atoms. The summed E-state index contributed by atoms with van der Waals surface area (Å²) in [5.74, 6) is -2.02. The van der Waals surface area contributed by atoms with Crippen molar-refractivity contribution in [1.29, 1.82) is 0 Å². The van der Waals surface area contributed by atoms with Crippen LogP contribution >= 0.6 is 0 Å². The lowest BCUT2D eigenvalue weighted by atomic mass is 9.89. The molecular formula is C37H64N4O9. The van der Waals surface area contributed by atoms with Gasteiger partial charge >= 0.3 is 12.1 Å². The van der Waals surface area contributed by atoms with Crippen LogP contribution in [0.25, 0.3) is 0 Å². The molecule has 3 unspecified atom stereocenters. The van der Waals surface area contributed by atoms with Gasteiger partial charge in [0, 0.05) is 33.9 Å². The molecule has 0 aromatic heterocycles. The van der Waals surface area contributed by atoms with Crippen LogP contribution in [0.4, 0.5) is 4.79 Å². The molecule has 13 heteroatoms. The zero-order chi connectivity index (χ0) is 37.7. The molecule has 1 saturated carbocycles. The van der Waals surface area contributed by atoms with Gasteiger partial charge in [0.1, 0.15) is 17.7 Å². The molecule has 0 radical (unpaired) electrons. The van der Waals surface area contributed by atoms with Crippen molar-refractivity contribution < 1.29 is 42.9 Å². The molecule has 3 aliphatic rings. The first-order valence-corrected chi connectivity index (χ1v) is 18.4. The summed E-state index contributed by atoms with van der Waals surface area (Å²) in [5, 5.41) is 3.03. The first kappa shape index (κ1) is 41.5. The van der Waals surface area contributed by atoms with E-state index in [0.717, 1.165) is 32.1 Å². The highest BCUT2D eigenvalue weighted by Crippen LogP contribution is 2.43. The van der Waals surface area contributed by atoms with Gasteiger partial charge in [-0.3, -0.25) is 24.1 Å². The Bertz CT molecular complexity index is 1210. The third-order valence-corrected chi connectivity index (χ3v) is 11.1. The number of likely N-dealkylation sites (N-methyl/N-ethyl adjacent to an activating group) is 1. The fraction of sp³-hybridized carbons (Fsp3) is 0.865. The zero-order valence-corrected chi connectivity index (χ0v) is 32.5. The number of rotatable bonds is 15. The number of carbonyl (C=O) groups excluding carboxylic acids is 5. The number of hydrogen-bond donors (Lipinski definition) is 1. The van der Waals surface area contributed by atoms with Gasteiger partial charge in [-0.25, -0.2) is 4.79 Å². The van der Waals surface area contributed by atoms with E-state index in [1.165, 1.54) is 7.11 Å². The zero-order valence-electron chi connectivity index (χ0n) is 32.5. The quantitative estimate of drug-likeness (QED) is 0.250. The number of esters is 1. The molecular weight excluding hydrogens is 644 g/mol. The molecule has 4 amide bonds. The largest absolute Gasteiger partial charge is 0.469 e. The van der Waals surface area contributed by atoms with Crippen molar-refractivity contribution in [2.75, 3.05) is 34.9 Å². The maximum Gasteiger partial charge on any atom is 0.411 e. The van der Waals surface area contributed by atoms with Crippen molar-refractivity contribution >= 4 is 29.8 Å². The van der Waals surface area contributed by atoms with Crippen LogP contribution in [0.5, 0.6) is 0 Å². The smallest absolute Gasteiger partial charge is 0.411 e. The van der Waals surface area contributed by atoms with Crippen LogP contribution in [-0.2, 0) is 38.1 Å². The monoisotopic (exact) mass is 708 g/mol. The van der Waals surface area contributed by atoms with Crippen molar-refractivity contribution in [3.05, 3.63) is 0 Å². The van der Waals surface area contributed by atoms with E-state index in [4.69, 9.17) is 18.9 Å². The fourth-order valence-corrected chi connectivity index (χ4v) is 8.35. The summed E-state index contributed by atoms with van der Waals surface area (Å²) in [7, 11) is 6.14. The van der Waals surface area contributed by atoms with Gasteiger partial charge in [-0.15, -0.1) is 0 Å². The molecule has 0 aromatic rings. The lowest BCUT2D eigenvalue weighted by Gasteiger charge is -2.41. The highest BCUT2D eigenvalue weighted by Gasteiger charge is 2.53. The third-order valence-electron chi connectivity index (χ3n) is 11.1. The molecule has 0 aromatic carbocycles. The van der Waals surface area contributed by atoms with Crippen molar-refractivity contribution in [1.82, 2.24) is 20.0 Å². The van der Waals surface area contributed by atoms with Crippen LogP contribution in [0.15, 0.2) is 0 Å². The Morgan fingerprint density at radius 3 is 2.16 bits per heavy atom. The molecule has 1 aliphatic carbocycles. The predicted octanol–water partition coefficient (Wildman–Crippen LogP) is 4.01. The standard InChI is InChI=1S/C37H64N4O9/c1-13-22(4)30(27(47-10)20-28(42)40-18-14-15-26(40)32(48-11)23(5)35(45)49-12)39(9)34(44)29(21(2)3)38-33(43)31-24-16-17-25(19-24)41(31)36(46)50-37(6,7)8/h21-27,29-32H,13-20H2,1-12H3,(H,38,43)/t22-,23+,24?,25?,26-,27+,29-,30-,31?,32+/m0/s1. The summed E-state index contributed by atoms with van der Waals surface area (Å²) in [5.41, 5.74) is -0.702. The number of methoxy groups -OCH3 is 3. The first-order chi connectivity index (χ1) is 23.4. The number of carbonyl (C=O) groups is 5. The summed E-state index contributed by atoms with van der Waals surface area (Å²) >= 11 is 0. The molecule has 3 fully saturated rings. The van der Waals surface area contributed by atoms with E-state index in [2.05, 4.69) is 5.32 Å². The second kappa shape index (κ2) is 17.5. The van der Waals surface area contributed by atoms with E-state index in [-0.39, 0.29) is 54.0 Å². The average Bonchev–Trinajstić information content (AvgIpc) is 3.82. The number of nitrogens with one attached hydrogen (secondary N) is 1. The number of likely N-dealkylation sites (tertiary alicyclic amines) is 2. The third kappa shape index (κ3) is 9.29. The van der Waals surface area contributed by atoms with Crippen molar-refractivity contribution in [2.24, 2.45) is 23.7 Å². The number of piperidine rings is 1. The number of ether oxygens (including phenoxy) is 4. The van der Waals surface area contributed by atoms with E-state index >= 15 is 0 Å². The molecule has 2 saturated heterocycles. The minimum Gasteiger partial charge on any atom is -0.469 e. The maximum absolute atomic E-state index is 14.4. The van der Waals surface area contributed by atoms with Crippen LogP contribution < -0.4 is 5.32 Å². The van der Waals surface area contributed by atoms with Crippen LogP contribution in [0.2, 0.25) is 0 Å². The minimum absolute atomic E-state index is 0.00707. The summed E-state index contributed by atoms with van der Waals surface area (Å²) < 4.78 is 22.4. The fourth-order valence-electron chi connectivity index (χ4n) is 8.35. The number of fused-ring (bicyclic) bond motifs is 2. The van der Waals surface area contributed by atoms with E-state index in [0.29, 0.717) is 13.0 Å². The normalized spacial score (nSPS) is 25.5. The van der Waals surface area contributed by atoms with Crippen molar-refractivity contribution in [3.63, 3.8) is 0 Å². The number of hydrogen-bond acceptors (Lipinski definition) is 9. The topological polar surface area (TPSA) is 144 Å². The lowest BCUT2D eigenvalue weighted by Crippen LogP contribution is -2.61. The van der Waals surface area contributed by atoms with Crippen LogP contribution in [0, 0.1) is 23.7 Å². The Labute approximate surface area is 299 Å². The van der Waals surface area contributed by atoms with Gasteiger partial charge in [0.15, 0.2) is 0 Å². The van der Waals surface area contributed by atoms with Crippen LogP contribution in [0.1, 0.15) is 100 Å². The highest BCUT2D eigenvalue weighted by molar-refractivity contribution is 5.92. The van der Waals surface area contributed by atoms with Gasteiger partial charge < -0.3 is 34.1 Å². The Morgan fingerprint density at radius 1 is 0.960 bits per heavy atom. The summed E-state index contributed by atoms with van der Waals surface area (Å²) in [6, 6.07) is -2.41. The Kier molecular flexibility index (Phi) is 14.5. The Balaban J connectivity index is 1.81. The summed E-state index contributed by atoms with van der Waals surface area (Å²) in [6.07, 6.45) is 2.95. The van der Waals surface area contributed by atoms with E-state index < -0.39 is 53.9 Å². The second-order valence-electron chi connectivity index (χ2n) is 15.9. The minimum atomic E-state index is -0.864. The summed E-state index contributed by atoms with van der Waals surface area (Å²) in [4.78, 5) is 72.9. The van der Waals surface area contributed by atoms with Gasteiger partial charge in [0.25, 0.3) is 0 Å².